The van der Waals surface area contributed by atoms with Gasteiger partial charge in [0.15, 0.2) is 0 Å². The zero-order valence-corrected chi connectivity index (χ0v) is 32.6. The third-order valence-electron chi connectivity index (χ3n) is 11.1. The number of hydrogen-bond acceptors (Lipinski definition) is 2. The fourth-order valence-electron chi connectivity index (χ4n) is 8.26. The maximum Gasteiger partial charge on any atom is 0.135 e. The molecule has 1 radical (unpaired) electrons. The molecule has 9 aromatic rings. The number of fused-ring (bicyclic) bond motifs is 6. The summed E-state index contributed by atoms with van der Waals surface area (Å²) in [6, 6.07) is 67.9. The molecule has 0 N–H and O–H groups in total. The van der Waals surface area contributed by atoms with E-state index in [4.69, 9.17) is 4.42 Å². The first-order valence-corrected chi connectivity index (χ1v) is 18.3. The van der Waals surface area contributed by atoms with Crippen LogP contribution < -0.4 is 4.90 Å². The first kappa shape index (κ1) is 35.9. The summed E-state index contributed by atoms with van der Waals surface area (Å²) in [5, 5.41) is 2.28. The normalized spacial score (nSPS) is 12.4. The summed E-state index contributed by atoms with van der Waals surface area (Å²) < 4.78 is 6.11. The minimum Gasteiger partial charge on any atom is -0.456 e. The Kier molecular flexibility index (Phi) is 9.35. The Bertz CT molecular complexity index is 2790. The summed E-state index contributed by atoms with van der Waals surface area (Å²) in [6.45, 7) is 4.73. The number of anilines is 3. The standard InChI is InChI=1S/C51H37NO.CH3.V.H2/c1-51(2)47-32-39(35-13-7-4-8-14-35)21-28-43(47)44-29-27-42(33-48(44)51)52(40-23-17-36(18-24-40)34-11-5-3-6-12-34)41-25-19-37(20-26-41)38-22-30-50-46(31-38)45-15-9-10-16-49(45)53-50;;;/h3-33H,1-2H3;1H3;;1H/q;-1;;. The van der Waals surface area contributed by atoms with Gasteiger partial charge in [-0.25, -0.2) is 0 Å². The van der Waals surface area contributed by atoms with Gasteiger partial charge in [-0.15, -0.1) is 0 Å². The monoisotopic (exact) mass is 747 g/mol. The van der Waals surface area contributed by atoms with Crippen LogP contribution in [0, 0.1) is 7.43 Å². The van der Waals surface area contributed by atoms with Gasteiger partial charge in [0, 0.05) is 53.2 Å². The van der Waals surface area contributed by atoms with Crippen molar-refractivity contribution in [3.05, 3.63) is 207 Å². The summed E-state index contributed by atoms with van der Waals surface area (Å²) in [6.07, 6.45) is 0. The molecule has 0 bridgehead atoms. The Morgan fingerprint density at radius 1 is 0.400 bits per heavy atom. The van der Waals surface area contributed by atoms with Crippen molar-refractivity contribution < 1.29 is 24.4 Å². The van der Waals surface area contributed by atoms with Crippen LogP contribution in [0.15, 0.2) is 192 Å². The SMILES string of the molecule is CC1(C)c2cc(-c3ccccc3)ccc2-c2ccc(N(c3ccc(-c4ccccc4)cc3)c3ccc(-c4ccc5oc6ccccc6c5c4)cc3)cc21.[CH3-].[HH].[V]. The molecule has 3 heteroatoms. The second-order valence-corrected chi connectivity index (χ2v) is 14.6. The minimum absolute atomic E-state index is 0. The first-order valence-electron chi connectivity index (χ1n) is 18.3. The van der Waals surface area contributed by atoms with Crippen LogP contribution in [0.2, 0.25) is 0 Å². The number of hydrogen-bond donors (Lipinski definition) is 0. The fraction of sp³-hybridized carbons (Fsp3) is 0.0577. The molecular formula is C52H42NOV-. The molecule has 0 spiro atoms. The Morgan fingerprint density at radius 2 is 0.836 bits per heavy atom. The van der Waals surface area contributed by atoms with E-state index < -0.39 is 0 Å². The van der Waals surface area contributed by atoms with Crippen molar-refractivity contribution in [2.75, 3.05) is 4.90 Å². The molecule has 8 aromatic carbocycles. The van der Waals surface area contributed by atoms with E-state index in [0.29, 0.717) is 0 Å². The van der Waals surface area contributed by atoms with Crippen LogP contribution in [0.1, 0.15) is 26.4 Å². The Labute approximate surface area is 337 Å². The van der Waals surface area contributed by atoms with E-state index in [2.05, 4.69) is 195 Å². The first-order chi connectivity index (χ1) is 26.0. The molecule has 0 atom stereocenters. The molecule has 0 aliphatic heterocycles. The van der Waals surface area contributed by atoms with Crippen molar-refractivity contribution in [2.45, 2.75) is 19.3 Å². The number of para-hydroxylation sites is 1. The van der Waals surface area contributed by atoms with Gasteiger partial charge in [-0.3, -0.25) is 0 Å². The van der Waals surface area contributed by atoms with E-state index in [1.54, 1.807) is 0 Å². The maximum absolute atomic E-state index is 6.11. The van der Waals surface area contributed by atoms with Gasteiger partial charge in [0.25, 0.3) is 0 Å². The molecule has 0 saturated carbocycles. The van der Waals surface area contributed by atoms with E-state index in [-0.39, 0.29) is 32.8 Å². The van der Waals surface area contributed by atoms with Gasteiger partial charge in [-0.2, -0.15) is 0 Å². The smallest absolute Gasteiger partial charge is 0.135 e. The predicted molar refractivity (Wildman–Crippen MR) is 231 cm³/mol. The molecular weight excluding hydrogens is 706 g/mol. The van der Waals surface area contributed by atoms with E-state index in [1.165, 1.54) is 55.6 Å². The number of nitrogens with zero attached hydrogens (tertiary/aromatic N) is 1. The summed E-state index contributed by atoms with van der Waals surface area (Å²) in [5.74, 6) is 0. The van der Waals surface area contributed by atoms with Crippen LogP contribution in [0.4, 0.5) is 17.1 Å². The number of benzene rings is 8. The summed E-state index contributed by atoms with van der Waals surface area (Å²) in [5.41, 5.74) is 17.6. The fourth-order valence-corrected chi connectivity index (χ4v) is 8.26. The molecule has 55 heavy (non-hydrogen) atoms. The third-order valence-corrected chi connectivity index (χ3v) is 11.1. The van der Waals surface area contributed by atoms with Crippen molar-refractivity contribution in [2.24, 2.45) is 0 Å². The topological polar surface area (TPSA) is 16.4 Å². The molecule has 1 aliphatic rings. The van der Waals surface area contributed by atoms with Gasteiger partial charge in [0.1, 0.15) is 11.2 Å². The van der Waals surface area contributed by atoms with Crippen molar-refractivity contribution in [1.82, 2.24) is 0 Å². The molecule has 1 aromatic heterocycles. The van der Waals surface area contributed by atoms with Crippen molar-refractivity contribution in [3.63, 3.8) is 0 Å². The van der Waals surface area contributed by atoms with Crippen LogP contribution in [0.25, 0.3) is 66.4 Å². The van der Waals surface area contributed by atoms with E-state index in [0.717, 1.165) is 39.0 Å². The molecule has 1 heterocycles. The van der Waals surface area contributed by atoms with Gasteiger partial charge >= 0.3 is 0 Å². The molecule has 0 amide bonds. The zero-order chi connectivity index (χ0) is 35.5. The van der Waals surface area contributed by atoms with Crippen LogP contribution in [0.3, 0.4) is 0 Å². The minimum atomic E-state index is -0.159. The van der Waals surface area contributed by atoms with Crippen LogP contribution >= 0.6 is 0 Å². The van der Waals surface area contributed by atoms with Gasteiger partial charge in [-0.05, 0) is 116 Å². The Balaban J connectivity index is 0.00000160. The van der Waals surface area contributed by atoms with Crippen LogP contribution in [0.5, 0.6) is 0 Å². The van der Waals surface area contributed by atoms with Crippen LogP contribution in [-0.2, 0) is 24.0 Å². The quantitative estimate of drug-likeness (QED) is 0.158. The van der Waals surface area contributed by atoms with Gasteiger partial charge < -0.3 is 16.7 Å². The average Bonchev–Trinajstić information content (AvgIpc) is 3.70. The van der Waals surface area contributed by atoms with Crippen molar-refractivity contribution >= 4 is 39.0 Å². The summed E-state index contributed by atoms with van der Waals surface area (Å²) >= 11 is 0. The summed E-state index contributed by atoms with van der Waals surface area (Å²) in [4.78, 5) is 2.39. The molecule has 0 saturated heterocycles. The van der Waals surface area contributed by atoms with Crippen molar-refractivity contribution in [3.8, 4) is 44.5 Å². The maximum atomic E-state index is 6.11. The third kappa shape index (κ3) is 6.18. The second-order valence-electron chi connectivity index (χ2n) is 14.6. The van der Waals surface area contributed by atoms with E-state index >= 15 is 0 Å². The summed E-state index contributed by atoms with van der Waals surface area (Å²) in [7, 11) is 0. The second kappa shape index (κ2) is 14.3. The molecule has 1 aliphatic carbocycles. The average molecular weight is 748 g/mol. The van der Waals surface area contributed by atoms with Crippen molar-refractivity contribution in [1.29, 1.82) is 0 Å². The van der Waals surface area contributed by atoms with Gasteiger partial charge in [-0.1, -0.05) is 141 Å². The van der Waals surface area contributed by atoms with E-state index in [9.17, 15) is 0 Å². The Morgan fingerprint density at radius 3 is 1.49 bits per heavy atom. The largest absolute Gasteiger partial charge is 0.456 e. The predicted octanol–water partition coefficient (Wildman–Crippen LogP) is 15.1. The zero-order valence-electron chi connectivity index (χ0n) is 31.2. The number of furan rings is 1. The number of rotatable bonds is 6. The Hall–Kier alpha value is -6.06. The van der Waals surface area contributed by atoms with E-state index in [1.807, 2.05) is 12.1 Å². The molecule has 10 rings (SSSR count). The van der Waals surface area contributed by atoms with Gasteiger partial charge in [0.2, 0.25) is 0 Å². The van der Waals surface area contributed by atoms with Gasteiger partial charge in [0.05, 0.1) is 0 Å². The van der Waals surface area contributed by atoms with Crippen LogP contribution in [-0.4, -0.2) is 0 Å². The molecule has 2 nitrogen and oxygen atoms in total. The molecule has 267 valence electrons. The molecule has 0 unspecified atom stereocenters. The molecule has 0 fully saturated rings.